The smallest absolute Gasteiger partial charge is 0.298 e. The van der Waals surface area contributed by atoms with Gasteiger partial charge in [-0.1, -0.05) is 18.2 Å². The predicted molar refractivity (Wildman–Crippen MR) is 114 cm³/mol. The average Bonchev–Trinajstić information content (AvgIpc) is 2.65. The van der Waals surface area contributed by atoms with Crippen molar-refractivity contribution in [3.8, 4) is 11.5 Å². The van der Waals surface area contributed by atoms with E-state index < -0.39 is 35.8 Å². The summed E-state index contributed by atoms with van der Waals surface area (Å²) in [6, 6.07) is 10.6. The van der Waals surface area contributed by atoms with E-state index >= 15 is 0 Å². The number of ether oxygens (including phenoxy) is 1. The molecule has 3 N–H and O–H groups in total. The van der Waals surface area contributed by atoms with Gasteiger partial charge in [0.1, 0.15) is 22.0 Å². The van der Waals surface area contributed by atoms with E-state index in [2.05, 4.69) is 10.2 Å². The number of hydrogen-bond acceptors (Lipinski definition) is 8. The molecule has 14 heteroatoms. The zero-order valence-corrected chi connectivity index (χ0v) is 22.3. The molecule has 3 rings (SSSR count). The number of aromatic hydroxyl groups is 1. The van der Waals surface area contributed by atoms with Crippen molar-refractivity contribution in [2.24, 2.45) is 10.2 Å². The second-order valence-corrected chi connectivity index (χ2v) is 8.59. The van der Waals surface area contributed by atoms with E-state index in [0.29, 0.717) is 5.75 Å². The molecule has 0 heterocycles. The predicted octanol–water partition coefficient (Wildman–Crippen LogP) is 2.70. The number of methoxy groups -OCH3 is 1. The second kappa shape index (κ2) is 10.7. The summed E-state index contributed by atoms with van der Waals surface area (Å²) in [5.41, 5.74) is -0.0581. The van der Waals surface area contributed by atoms with E-state index in [1.54, 1.807) is 24.3 Å². The molecule has 0 amide bonds. The van der Waals surface area contributed by atoms with Crippen molar-refractivity contribution in [1.82, 2.24) is 0 Å². The van der Waals surface area contributed by atoms with Crippen LogP contribution >= 0.6 is 0 Å². The van der Waals surface area contributed by atoms with Crippen molar-refractivity contribution in [3.05, 3.63) is 48.5 Å². The molecule has 0 saturated heterocycles. The van der Waals surface area contributed by atoms with Crippen molar-refractivity contribution < 1.29 is 35.8 Å². The van der Waals surface area contributed by atoms with Gasteiger partial charge in [0.05, 0.1) is 12.0 Å². The van der Waals surface area contributed by atoms with E-state index in [4.69, 9.17) is 4.74 Å². The largest absolute Gasteiger partial charge is 0.504 e. The Morgan fingerprint density at radius 2 is 1.52 bits per heavy atom. The number of nitrogens with zero attached hydrogens (tertiary/aromatic N) is 2. The molecule has 2 radical (unpaired) electrons. The van der Waals surface area contributed by atoms with Gasteiger partial charge >= 0.3 is 0 Å². The number of phenolic OH excluding ortho intramolecular Hbond substituents is 1. The van der Waals surface area contributed by atoms with Gasteiger partial charge in [-0.05, 0) is 35.7 Å². The van der Waals surface area contributed by atoms with Gasteiger partial charge in [-0.2, -0.15) is 16.8 Å². The monoisotopic (exact) mass is 484 g/mol. The molecule has 31 heavy (non-hydrogen) atoms. The van der Waals surface area contributed by atoms with Crippen LogP contribution in [0.15, 0.2) is 68.6 Å². The zero-order chi connectivity index (χ0) is 21.4. The fourth-order valence-corrected chi connectivity index (χ4v) is 3.74. The number of azo groups is 1. The van der Waals surface area contributed by atoms with Crippen LogP contribution in [0.2, 0.25) is 0 Å². The van der Waals surface area contributed by atoms with Gasteiger partial charge in [-0.25, -0.2) is 0 Å². The molecular formula is C17H14N2Na2O8S2. The minimum atomic E-state index is -4.88. The Morgan fingerprint density at radius 1 is 0.871 bits per heavy atom. The standard InChI is InChI=1S/C17H14N2O8S2.2Na/c1-27-14-5-3-2-4-13(14)18-19-16-12-7-6-11(28(21,22)23)8-10(12)9-15(17(16)20)29(24,25)26;;/h2-9,20H,1H3,(H,21,22,23)(H,24,25,26);;. The molecule has 0 fully saturated rings. The number of benzene rings is 3. The summed E-state index contributed by atoms with van der Waals surface area (Å²) in [4.78, 5) is -1.41. The average molecular weight is 484 g/mol. The minimum absolute atomic E-state index is 0. The summed E-state index contributed by atoms with van der Waals surface area (Å²) < 4.78 is 69.8. The summed E-state index contributed by atoms with van der Waals surface area (Å²) in [6.07, 6.45) is 0. The van der Waals surface area contributed by atoms with E-state index in [0.717, 1.165) is 18.2 Å². The first-order valence-corrected chi connectivity index (χ1v) is 10.7. The van der Waals surface area contributed by atoms with E-state index in [-0.39, 0.29) is 81.3 Å². The van der Waals surface area contributed by atoms with E-state index in [1.807, 2.05) is 0 Å². The molecule has 0 unspecified atom stereocenters. The van der Waals surface area contributed by atoms with E-state index in [9.17, 15) is 31.0 Å². The van der Waals surface area contributed by atoms with Gasteiger partial charge in [0.25, 0.3) is 20.2 Å². The Labute approximate surface area is 222 Å². The molecule has 154 valence electrons. The fourth-order valence-electron chi connectivity index (χ4n) is 2.60. The van der Waals surface area contributed by atoms with Gasteiger partial charge in [0.15, 0.2) is 5.75 Å². The number of rotatable bonds is 5. The van der Waals surface area contributed by atoms with Gasteiger partial charge < -0.3 is 9.84 Å². The van der Waals surface area contributed by atoms with Gasteiger partial charge in [0, 0.05) is 64.5 Å². The maximum Gasteiger partial charge on any atom is 0.298 e. The van der Waals surface area contributed by atoms with Crippen LogP contribution in [0.1, 0.15) is 0 Å². The molecule has 3 aromatic carbocycles. The minimum Gasteiger partial charge on any atom is -0.504 e. The van der Waals surface area contributed by atoms with Crippen molar-refractivity contribution in [1.29, 1.82) is 0 Å². The maximum atomic E-state index is 11.6. The molecule has 0 atom stereocenters. The third kappa shape index (κ3) is 6.26. The van der Waals surface area contributed by atoms with E-state index in [1.165, 1.54) is 13.2 Å². The summed E-state index contributed by atoms with van der Waals surface area (Å²) >= 11 is 0. The van der Waals surface area contributed by atoms with Crippen LogP contribution in [0.3, 0.4) is 0 Å². The van der Waals surface area contributed by atoms with Gasteiger partial charge in [0.2, 0.25) is 0 Å². The molecule has 10 nitrogen and oxygen atoms in total. The van der Waals surface area contributed by atoms with Crippen molar-refractivity contribution in [2.75, 3.05) is 7.11 Å². The Morgan fingerprint density at radius 3 is 2.10 bits per heavy atom. The normalized spacial score (nSPS) is 11.7. The van der Waals surface area contributed by atoms with Crippen molar-refractivity contribution >= 4 is 101 Å². The van der Waals surface area contributed by atoms with Crippen LogP contribution in [-0.2, 0) is 20.2 Å². The van der Waals surface area contributed by atoms with Crippen LogP contribution in [0.4, 0.5) is 11.4 Å². The van der Waals surface area contributed by atoms with Gasteiger partial charge in [-0.15, -0.1) is 10.2 Å². The quantitative estimate of drug-likeness (QED) is 0.283. The molecular weight excluding hydrogens is 470 g/mol. The fraction of sp³-hybridized carbons (Fsp3) is 0.0588. The van der Waals surface area contributed by atoms with Crippen LogP contribution in [0.5, 0.6) is 11.5 Å². The second-order valence-electron chi connectivity index (χ2n) is 5.78. The molecule has 0 saturated carbocycles. The summed E-state index contributed by atoms with van der Waals surface area (Å²) in [5, 5.41) is 18.3. The molecule has 0 aliphatic heterocycles. The third-order valence-corrected chi connectivity index (χ3v) is 5.66. The van der Waals surface area contributed by atoms with Crippen molar-refractivity contribution in [3.63, 3.8) is 0 Å². The number of hydrogen-bond donors (Lipinski definition) is 3. The zero-order valence-electron chi connectivity index (χ0n) is 16.7. The molecule has 0 bridgehead atoms. The van der Waals surface area contributed by atoms with Crippen LogP contribution in [0.25, 0.3) is 10.8 Å². The number of fused-ring (bicyclic) bond motifs is 1. The Bertz CT molecular complexity index is 1360. The van der Waals surface area contributed by atoms with Crippen LogP contribution in [-0.4, -0.2) is 97.3 Å². The van der Waals surface area contributed by atoms with Crippen molar-refractivity contribution in [2.45, 2.75) is 9.79 Å². The summed E-state index contributed by atoms with van der Waals surface area (Å²) in [7, 11) is -8.04. The molecule has 3 aromatic rings. The summed E-state index contributed by atoms with van der Waals surface area (Å²) in [5.74, 6) is -0.516. The SMILES string of the molecule is COc1ccccc1N=Nc1c(O)c(S(=O)(=O)O)cc2cc(S(=O)(=O)O)ccc12.[Na].[Na]. The third-order valence-electron chi connectivity index (χ3n) is 3.94. The molecule has 0 aliphatic rings. The topological polar surface area (TPSA) is 163 Å². The first kappa shape index (κ1) is 28.0. The Hall–Kier alpha value is -1.06. The molecule has 0 aromatic heterocycles. The Kier molecular flexibility index (Phi) is 9.66. The first-order valence-electron chi connectivity index (χ1n) is 7.82. The number of para-hydroxylation sites is 1. The summed E-state index contributed by atoms with van der Waals surface area (Å²) in [6.45, 7) is 0. The molecule has 0 aliphatic carbocycles. The molecule has 0 spiro atoms. The number of phenols is 1. The maximum absolute atomic E-state index is 11.6. The van der Waals surface area contributed by atoms with Crippen LogP contribution < -0.4 is 4.74 Å². The first-order chi connectivity index (χ1) is 13.5. The van der Waals surface area contributed by atoms with Gasteiger partial charge in [-0.3, -0.25) is 9.11 Å². The Balaban J connectivity index is 0.00000240. The van der Waals surface area contributed by atoms with Crippen LogP contribution in [0, 0.1) is 0 Å².